The van der Waals surface area contributed by atoms with E-state index in [-0.39, 0.29) is 17.6 Å². The Morgan fingerprint density at radius 3 is 2.56 bits per heavy atom. The molecule has 2 atom stereocenters. The number of hydrogen-bond acceptors (Lipinski definition) is 5. The predicted octanol–water partition coefficient (Wildman–Crippen LogP) is 5.44. The number of carbonyl (C=O) groups excluding carboxylic acids is 2. The molecule has 3 aromatic heterocycles. The SMILES string of the molecule is CC(=O)c1cc(-c2ccccn2)cn1CC1(c2ccc(C)cc2)C(C)CCN1C(=O)c1conc1C. The molecule has 4 heterocycles. The topological polar surface area (TPSA) is 81.2 Å². The van der Waals surface area contributed by atoms with E-state index in [4.69, 9.17) is 4.52 Å². The van der Waals surface area contributed by atoms with E-state index in [2.05, 4.69) is 48.3 Å². The molecule has 0 spiro atoms. The van der Waals surface area contributed by atoms with Crippen molar-refractivity contribution in [3.8, 4) is 11.3 Å². The Balaban J connectivity index is 1.67. The molecule has 0 saturated carbocycles. The molecule has 36 heavy (non-hydrogen) atoms. The molecule has 7 heteroatoms. The van der Waals surface area contributed by atoms with Crippen LogP contribution in [-0.4, -0.2) is 37.8 Å². The highest BCUT2D eigenvalue weighted by atomic mass is 16.5. The molecule has 5 rings (SSSR count). The third-order valence-corrected chi connectivity index (χ3v) is 7.49. The van der Waals surface area contributed by atoms with Gasteiger partial charge in [-0.2, -0.15) is 0 Å². The van der Waals surface area contributed by atoms with Crippen molar-refractivity contribution in [1.29, 1.82) is 0 Å². The molecule has 1 amide bonds. The van der Waals surface area contributed by atoms with Gasteiger partial charge in [0.1, 0.15) is 11.8 Å². The number of aryl methyl sites for hydroxylation is 2. The smallest absolute Gasteiger partial charge is 0.259 e. The van der Waals surface area contributed by atoms with E-state index >= 15 is 0 Å². The van der Waals surface area contributed by atoms with Crippen molar-refractivity contribution in [2.75, 3.05) is 6.54 Å². The number of rotatable bonds is 6. The molecule has 0 aliphatic carbocycles. The zero-order valence-corrected chi connectivity index (χ0v) is 21.1. The minimum atomic E-state index is -0.668. The van der Waals surface area contributed by atoms with Crippen molar-refractivity contribution in [3.05, 3.63) is 95.3 Å². The van der Waals surface area contributed by atoms with Gasteiger partial charge >= 0.3 is 0 Å². The average molecular weight is 483 g/mol. The fraction of sp³-hybridized carbons (Fsp3) is 0.310. The van der Waals surface area contributed by atoms with E-state index in [9.17, 15) is 9.59 Å². The van der Waals surface area contributed by atoms with Crippen LogP contribution in [0, 0.1) is 19.8 Å². The van der Waals surface area contributed by atoms with Crippen molar-refractivity contribution in [3.63, 3.8) is 0 Å². The fourth-order valence-electron chi connectivity index (χ4n) is 5.44. The largest absolute Gasteiger partial charge is 0.364 e. The maximum atomic E-state index is 13.9. The molecule has 184 valence electrons. The summed E-state index contributed by atoms with van der Waals surface area (Å²) in [4.78, 5) is 33.1. The molecule has 7 nitrogen and oxygen atoms in total. The van der Waals surface area contributed by atoms with Gasteiger partial charge in [-0.15, -0.1) is 0 Å². The van der Waals surface area contributed by atoms with E-state index < -0.39 is 5.54 Å². The summed E-state index contributed by atoms with van der Waals surface area (Å²) in [5, 5.41) is 3.94. The van der Waals surface area contributed by atoms with Crippen LogP contribution in [0.2, 0.25) is 0 Å². The molecular formula is C29H30N4O3. The van der Waals surface area contributed by atoms with Gasteiger partial charge in [0.15, 0.2) is 5.78 Å². The van der Waals surface area contributed by atoms with Crippen molar-refractivity contribution in [2.45, 2.75) is 46.2 Å². The van der Waals surface area contributed by atoms with E-state index in [0.29, 0.717) is 30.0 Å². The third kappa shape index (κ3) is 3.94. The number of nitrogens with zero attached hydrogens (tertiary/aromatic N) is 4. The second kappa shape index (κ2) is 9.22. The first-order valence-electron chi connectivity index (χ1n) is 12.2. The molecule has 0 radical (unpaired) electrons. The first-order valence-corrected chi connectivity index (χ1v) is 12.2. The van der Waals surface area contributed by atoms with Crippen LogP contribution in [0.15, 0.2) is 71.7 Å². The van der Waals surface area contributed by atoms with Crippen LogP contribution >= 0.6 is 0 Å². The van der Waals surface area contributed by atoms with Gasteiger partial charge in [0.2, 0.25) is 0 Å². The Bertz CT molecular complexity index is 1400. The molecule has 1 aliphatic rings. The minimum absolute atomic E-state index is 0.0327. The summed E-state index contributed by atoms with van der Waals surface area (Å²) in [6, 6.07) is 16.0. The zero-order valence-electron chi connectivity index (χ0n) is 21.1. The van der Waals surface area contributed by atoms with E-state index in [1.807, 2.05) is 39.9 Å². The lowest BCUT2D eigenvalue weighted by molar-refractivity contribution is 0.0459. The normalized spacial score (nSPS) is 19.6. The summed E-state index contributed by atoms with van der Waals surface area (Å²) in [7, 11) is 0. The molecule has 1 aromatic carbocycles. The summed E-state index contributed by atoms with van der Waals surface area (Å²) in [5.74, 6) is -0.000343. The van der Waals surface area contributed by atoms with Crippen LogP contribution in [0.25, 0.3) is 11.3 Å². The maximum absolute atomic E-state index is 13.9. The Labute approximate surface area is 210 Å². The number of pyridine rings is 1. The summed E-state index contributed by atoms with van der Waals surface area (Å²) in [5.41, 5.74) is 4.83. The number of Topliss-reactive ketones (excluding diaryl/α,β-unsaturated/α-hetero) is 1. The van der Waals surface area contributed by atoms with Crippen molar-refractivity contribution in [2.24, 2.45) is 5.92 Å². The lowest BCUT2D eigenvalue weighted by Gasteiger charge is -2.43. The van der Waals surface area contributed by atoms with Gasteiger partial charge in [-0.25, -0.2) is 0 Å². The highest BCUT2D eigenvalue weighted by Gasteiger charge is 2.51. The summed E-state index contributed by atoms with van der Waals surface area (Å²) in [6.07, 6.45) is 5.99. The van der Waals surface area contributed by atoms with Crippen LogP contribution < -0.4 is 0 Å². The molecule has 1 aliphatic heterocycles. The lowest BCUT2D eigenvalue weighted by Crippen LogP contribution is -2.51. The van der Waals surface area contributed by atoms with Gasteiger partial charge in [0.25, 0.3) is 5.91 Å². The summed E-state index contributed by atoms with van der Waals surface area (Å²) >= 11 is 0. The maximum Gasteiger partial charge on any atom is 0.259 e. The zero-order chi connectivity index (χ0) is 25.4. The molecule has 2 unspecified atom stereocenters. The van der Waals surface area contributed by atoms with Crippen LogP contribution in [0.5, 0.6) is 0 Å². The third-order valence-electron chi connectivity index (χ3n) is 7.49. The lowest BCUT2D eigenvalue weighted by atomic mass is 9.78. The Morgan fingerprint density at radius 1 is 1.14 bits per heavy atom. The van der Waals surface area contributed by atoms with Crippen LogP contribution in [0.1, 0.15) is 57.9 Å². The van der Waals surface area contributed by atoms with Gasteiger partial charge in [-0.3, -0.25) is 14.6 Å². The highest BCUT2D eigenvalue weighted by Crippen LogP contribution is 2.46. The van der Waals surface area contributed by atoms with Crippen molar-refractivity contribution >= 4 is 11.7 Å². The van der Waals surface area contributed by atoms with Gasteiger partial charge in [-0.1, -0.05) is 48.0 Å². The van der Waals surface area contributed by atoms with Gasteiger partial charge in [0.05, 0.1) is 29.2 Å². The Morgan fingerprint density at radius 2 is 1.92 bits per heavy atom. The second-order valence-corrected chi connectivity index (χ2v) is 9.76. The predicted molar refractivity (Wildman–Crippen MR) is 137 cm³/mol. The first-order chi connectivity index (χ1) is 17.3. The summed E-state index contributed by atoms with van der Waals surface area (Å²) in [6.45, 7) is 8.63. The number of hydrogen-bond donors (Lipinski definition) is 0. The first kappa shape index (κ1) is 23.7. The van der Waals surface area contributed by atoms with E-state index in [1.54, 1.807) is 20.0 Å². The van der Waals surface area contributed by atoms with Crippen molar-refractivity contribution in [1.82, 2.24) is 19.6 Å². The molecule has 4 aromatic rings. The Kier molecular flexibility index (Phi) is 6.08. The van der Waals surface area contributed by atoms with Gasteiger partial charge in [0, 0.05) is 31.4 Å². The molecule has 0 bridgehead atoms. The van der Waals surface area contributed by atoms with E-state index in [1.165, 1.54) is 6.26 Å². The number of ketones is 1. The minimum Gasteiger partial charge on any atom is -0.364 e. The average Bonchev–Trinajstić information content (AvgIpc) is 3.58. The number of aromatic nitrogens is 3. The van der Waals surface area contributed by atoms with Gasteiger partial charge < -0.3 is 14.0 Å². The Hall–Kier alpha value is -4.00. The summed E-state index contributed by atoms with van der Waals surface area (Å²) < 4.78 is 7.10. The van der Waals surface area contributed by atoms with Crippen molar-refractivity contribution < 1.29 is 14.1 Å². The standard InChI is InChI=1S/C29H30N4O3/c1-19-8-10-24(11-9-19)29(20(2)12-14-33(29)28(35)25-17-36-31-21(25)3)18-32-16-23(15-27(32)22(4)34)26-7-5-6-13-30-26/h5-11,13,15-17,20H,12,14,18H2,1-4H3. The quantitative estimate of drug-likeness (QED) is 0.342. The van der Waals surface area contributed by atoms with Crippen LogP contribution in [0.3, 0.4) is 0 Å². The van der Waals surface area contributed by atoms with Crippen LogP contribution in [-0.2, 0) is 12.1 Å². The van der Waals surface area contributed by atoms with Gasteiger partial charge in [-0.05, 0) is 49.9 Å². The van der Waals surface area contributed by atoms with E-state index in [0.717, 1.165) is 28.8 Å². The van der Waals surface area contributed by atoms with Crippen LogP contribution in [0.4, 0.5) is 0 Å². The monoisotopic (exact) mass is 482 g/mol. The second-order valence-electron chi connectivity index (χ2n) is 9.76. The molecular weight excluding hydrogens is 452 g/mol. The molecule has 0 N–H and O–H groups in total. The molecule has 1 saturated heterocycles. The number of carbonyl (C=O) groups is 2. The highest BCUT2D eigenvalue weighted by molar-refractivity contribution is 5.96. The fourth-order valence-corrected chi connectivity index (χ4v) is 5.44. The number of benzene rings is 1. The molecule has 1 fully saturated rings. The number of likely N-dealkylation sites (tertiary alicyclic amines) is 1. The number of amides is 1.